The Morgan fingerprint density at radius 3 is 2.64 bits per heavy atom. The van der Waals surface area contributed by atoms with Crippen LogP contribution in [0.4, 0.5) is 0 Å². The summed E-state index contributed by atoms with van der Waals surface area (Å²) in [6.45, 7) is 4.81. The lowest BCUT2D eigenvalue weighted by Crippen LogP contribution is -2.48. The molecule has 0 unspecified atom stereocenters. The zero-order valence-electron chi connectivity index (χ0n) is 13.1. The summed E-state index contributed by atoms with van der Waals surface area (Å²) < 4.78 is 1.81. The lowest BCUT2D eigenvalue weighted by atomic mass is 9.98. The maximum Gasteiger partial charge on any atom is 0.254 e. The van der Waals surface area contributed by atoms with E-state index in [1.54, 1.807) is 0 Å². The number of piperidine rings is 1. The fourth-order valence-corrected chi connectivity index (χ4v) is 2.99. The van der Waals surface area contributed by atoms with Crippen molar-refractivity contribution in [1.82, 2.24) is 14.7 Å². The summed E-state index contributed by atoms with van der Waals surface area (Å²) in [7, 11) is 0. The van der Waals surface area contributed by atoms with Gasteiger partial charge >= 0.3 is 0 Å². The molecule has 1 amide bonds. The van der Waals surface area contributed by atoms with E-state index in [0.717, 1.165) is 36.2 Å². The van der Waals surface area contributed by atoms with Gasteiger partial charge in [0.25, 0.3) is 5.91 Å². The molecule has 2 atom stereocenters. The van der Waals surface area contributed by atoms with E-state index in [0.29, 0.717) is 0 Å². The Balaban J connectivity index is 1.76. The predicted molar refractivity (Wildman–Crippen MR) is 86.0 cm³/mol. The van der Waals surface area contributed by atoms with Crippen LogP contribution in [0.25, 0.3) is 5.69 Å². The van der Waals surface area contributed by atoms with Crippen LogP contribution in [0.3, 0.4) is 0 Å². The number of hydrogen-bond acceptors (Lipinski definition) is 3. The van der Waals surface area contributed by atoms with E-state index in [1.165, 1.54) is 0 Å². The smallest absolute Gasteiger partial charge is 0.254 e. The number of nitrogens with zero attached hydrogens (tertiary/aromatic N) is 3. The SMILES string of the molecule is Cc1cnn(-c2ccc(C(=O)N3CC[C@H](N)C[C@@H]3C)cc2)c1. The summed E-state index contributed by atoms with van der Waals surface area (Å²) in [5.74, 6) is 0.0857. The van der Waals surface area contributed by atoms with Crippen molar-refractivity contribution >= 4 is 5.91 Å². The molecule has 0 aliphatic carbocycles. The predicted octanol–water partition coefficient (Wildman–Crippen LogP) is 2.13. The van der Waals surface area contributed by atoms with E-state index in [1.807, 2.05) is 53.2 Å². The molecule has 5 nitrogen and oxygen atoms in total. The summed E-state index contributed by atoms with van der Waals surface area (Å²) in [5, 5.41) is 4.28. The number of carbonyl (C=O) groups excluding carboxylic acids is 1. The van der Waals surface area contributed by atoms with Crippen molar-refractivity contribution in [3.8, 4) is 5.69 Å². The van der Waals surface area contributed by atoms with Crippen LogP contribution in [0.15, 0.2) is 36.7 Å². The maximum absolute atomic E-state index is 12.6. The summed E-state index contributed by atoms with van der Waals surface area (Å²) >= 11 is 0. The Hall–Kier alpha value is -2.14. The van der Waals surface area contributed by atoms with Crippen LogP contribution in [0, 0.1) is 6.92 Å². The molecule has 1 aromatic carbocycles. The number of benzene rings is 1. The molecule has 3 rings (SSSR count). The molecule has 0 bridgehead atoms. The third kappa shape index (κ3) is 2.90. The molecule has 1 saturated heterocycles. The average molecular weight is 298 g/mol. The molecular formula is C17H22N4O. The normalized spacial score (nSPS) is 21.9. The molecule has 116 valence electrons. The molecule has 1 aliphatic rings. The Morgan fingerprint density at radius 2 is 2.05 bits per heavy atom. The van der Waals surface area contributed by atoms with Crippen LogP contribution in [0.1, 0.15) is 35.7 Å². The lowest BCUT2D eigenvalue weighted by Gasteiger charge is -2.36. The second kappa shape index (κ2) is 5.93. The van der Waals surface area contributed by atoms with Crippen LogP contribution in [0.5, 0.6) is 0 Å². The van der Waals surface area contributed by atoms with Crippen molar-refractivity contribution in [1.29, 1.82) is 0 Å². The first kappa shape index (κ1) is 14.8. The van der Waals surface area contributed by atoms with Crippen molar-refractivity contribution in [3.05, 3.63) is 47.8 Å². The molecule has 0 saturated carbocycles. The van der Waals surface area contributed by atoms with Gasteiger partial charge in [0.2, 0.25) is 0 Å². The summed E-state index contributed by atoms with van der Waals surface area (Å²) in [6.07, 6.45) is 5.53. The highest BCUT2D eigenvalue weighted by Gasteiger charge is 2.27. The lowest BCUT2D eigenvalue weighted by molar-refractivity contribution is 0.0619. The van der Waals surface area contributed by atoms with E-state index in [9.17, 15) is 4.79 Å². The van der Waals surface area contributed by atoms with Gasteiger partial charge in [0.15, 0.2) is 0 Å². The standard InChI is InChI=1S/C17H22N4O/c1-12-10-19-21(11-12)16-5-3-14(4-6-16)17(22)20-8-7-15(18)9-13(20)2/h3-6,10-11,13,15H,7-9,18H2,1-2H3/t13-,15-/m0/s1. The van der Waals surface area contributed by atoms with Gasteiger partial charge in [0.1, 0.15) is 0 Å². The van der Waals surface area contributed by atoms with Crippen LogP contribution in [-0.2, 0) is 0 Å². The molecule has 1 fully saturated rings. The first-order chi connectivity index (χ1) is 10.5. The van der Waals surface area contributed by atoms with Gasteiger partial charge in [-0.25, -0.2) is 4.68 Å². The summed E-state index contributed by atoms with van der Waals surface area (Å²) in [4.78, 5) is 14.6. The highest BCUT2D eigenvalue weighted by Crippen LogP contribution is 2.19. The van der Waals surface area contributed by atoms with Gasteiger partial charge in [-0.05, 0) is 56.5 Å². The van der Waals surface area contributed by atoms with Crippen LogP contribution >= 0.6 is 0 Å². The molecule has 0 radical (unpaired) electrons. The third-order valence-corrected chi connectivity index (χ3v) is 4.27. The van der Waals surface area contributed by atoms with Crippen molar-refractivity contribution in [3.63, 3.8) is 0 Å². The molecule has 2 N–H and O–H groups in total. The van der Waals surface area contributed by atoms with Crippen LogP contribution in [0.2, 0.25) is 0 Å². The molecule has 1 aliphatic heterocycles. The van der Waals surface area contributed by atoms with E-state index in [2.05, 4.69) is 12.0 Å². The molecular weight excluding hydrogens is 276 g/mol. The first-order valence-corrected chi connectivity index (χ1v) is 7.73. The van der Waals surface area contributed by atoms with Crippen LogP contribution < -0.4 is 5.73 Å². The molecule has 2 heterocycles. The number of aromatic nitrogens is 2. The van der Waals surface area contributed by atoms with E-state index < -0.39 is 0 Å². The summed E-state index contributed by atoms with van der Waals surface area (Å²) in [6, 6.07) is 8.01. The second-order valence-electron chi connectivity index (χ2n) is 6.14. The average Bonchev–Trinajstić information content (AvgIpc) is 2.93. The quantitative estimate of drug-likeness (QED) is 0.924. The van der Waals surface area contributed by atoms with Gasteiger partial charge in [-0.3, -0.25) is 4.79 Å². The minimum absolute atomic E-state index is 0.0857. The highest BCUT2D eigenvalue weighted by atomic mass is 16.2. The Bertz CT molecular complexity index is 662. The number of carbonyl (C=O) groups is 1. The van der Waals surface area contributed by atoms with Crippen molar-refractivity contribution in [2.24, 2.45) is 5.73 Å². The monoisotopic (exact) mass is 298 g/mol. The fraction of sp³-hybridized carbons (Fsp3) is 0.412. The van der Waals surface area contributed by atoms with E-state index in [-0.39, 0.29) is 18.0 Å². The minimum Gasteiger partial charge on any atom is -0.336 e. The largest absolute Gasteiger partial charge is 0.336 e. The topological polar surface area (TPSA) is 64.2 Å². The van der Waals surface area contributed by atoms with Gasteiger partial charge in [0, 0.05) is 30.4 Å². The molecule has 22 heavy (non-hydrogen) atoms. The Morgan fingerprint density at radius 1 is 1.32 bits per heavy atom. The maximum atomic E-state index is 12.6. The Kier molecular flexibility index (Phi) is 3.98. The van der Waals surface area contributed by atoms with Gasteiger partial charge in [-0.1, -0.05) is 0 Å². The number of aryl methyl sites for hydroxylation is 1. The Labute approximate surface area is 130 Å². The van der Waals surface area contributed by atoms with Gasteiger partial charge < -0.3 is 10.6 Å². The highest BCUT2D eigenvalue weighted by molar-refractivity contribution is 5.94. The molecule has 2 aromatic rings. The minimum atomic E-state index is 0.0857. The molecule has 0 spiro atoms. The van der Waals surface area contributed by atoms with Crippen molar-refractivity contribution in [2.45, 2.75) is 38.8 Å². The van der Waals surface area contributed by atoms with Crippen molar-refractivity contribution < 1.29 is 4.79 Å². The van der Waals surface area contributed by atoms with Gasteiger partial charge in [-0.2, -0.15) is 5.10 Å². The number of likely N-dealkylation sites (tertiary alicyclic amines) is 1. The van der Waals surface area contributed by atoms with E-state index in [4.69, 9.17) is 5.73 Å². The van der Waals surface area contributed by atoms with E-state index >= 15 is 0 Å². The number of nitrogens with two attached hydrogens (primary N) is 1. The number of rotatable bonds is 2. The number of amides is 1. The third-order valence-electron chi connectivity index (χ3n) is 4.27. The van der Waals surface area contributed by atoms with Crippen molar-refractivity contribution in [2.75, 3.05) is 6.54 Å². The molecule has 5 heteroatoms. The van der Waals surface area contributed by atoms with Crippen LogP contribution in [-0.4, -0.2) is 39.2 Å². The van der Waals surface area contributed by atoms with Gasteiger partial charge in [0.05, 0.1) is 11.9 Å². The zero-order valence-corrected chi connectivity index (χ0v) is 13.1. The fourth-order valence-electron chi connectivity index (χ4n) is 2.99. The second-order valence-corrected chi connectivity index (χ2v) is 6.14. The molecule has 1 aromatic heterocycles. The number of hydrogen-bond donors (Lipinski definition) is 1. The van der Waals surface area contributed by atoms with Gasteiger partial charge in [-0.15, -0.1) is 0 Å². The summed E-state index contributed by atoms with van der Waals surface area (Å²) in [5.41, 5.74) is 8.75. The first-order valence-electron chi connectivity index (χ1n) is 7.73. The zero-order chi connectivity index (χ0) is 15.7.